The van der Waals surface area contributed by atoms with Crippen LogP contribution < -0.4 is 0 Å². The van der Waals surface area contributed by atoms with Gasteiger partial charge in [-0.2, -0.15) is 0 Å². The number of ether oxygens (including phenoxy) is 1. The predicted molar refractivity (Wildman–Crippen MR) is 75.9 cm³/mol. The Balaban J connectivity index is 1.94. The maximum atomic E-state index is 6.19. The van der Waals surface area contributed by atoms with Gasteiger partial charge in [-0.05, 0) is 24.8 Å². The van der Waals surface area contributed by atoms with Gasteiger partial charge in [0.1, 0.15) is 0 Å². The summed E-state index contributed by atoms with van der Waals surface area (Å²) in [6, 6.07) is 7.93. The van der Waals surface area contributed by atoms with Crippen molar-refractivity contribution >= 4 is 27.5 Å². The predicted octanol–water partition coefficient (Wildman–Crippen LogP) is 4.98. The van der Waals surface area contributed by atoms with Crippen molar-refractivity contribution < 1.29 is 4.74 Å². The summed E-state index contributed by atoms with van der Waals surface area (Å²) in [5, 5.41) is 1.59. The van der Waals surface area contributed by atoms with Crippen LogP contribution in [-0.2, 0) is 4.74 Å². The van der Waals surface area contributed by atoms with Crippen LogP contribution in [0.15, 0.2) is 24.3 Å². The van der Waals surface area contributed by atoms with Crippen molar-refractivity contribution in [2.45, 2.75) is 31.8 Å². The van der Waals surface area contributed by atoms with Crippen molar-refractivity contribution in [3.63, 3.8) is 0 Å². The van der Waals surface area contributed by atoms with Crippen LogP contribution in [0.3, 0.4) is 0 Å². The summed E-state index contributed by atoms with van der Waals surface area (Å²) >= 11 is 9.70. The number of hydrogen-bond donors (Lipinski definition) is 0. The second-order valence-electron chi connectivity index (χ2n) is 4.65. The summed E-state index contributed by atoms with van der Waals surface area (Å²) in [6.07, 6.45) is 5.43. The highest BCUT2D eigenvalue weighted by Crippen LogP contribution is 2.30. The second kappa shape index (κ2) is 6.77. The van der Waals surface area contributed by atoms with E-state index < -0.39 is 0 Å². The fraction of sp³-hybridized carbons (Fsp3) is 0.571. The van der Waals surface area contributed by atoms with Gasteiger partial charge >= 0.3 is 0 Å². The molecule has 1 aliphatic rings. The Bertz CT molecular complexity index is 350. The third kappa shape index (κ3) is 3.70. The minimum atomic E-state index is 0.0734. The van der Waals surface area contributed by atoms with Crippen molar-refractivity contribution in [2.75, 3.05) is 11.9 Å². The van der Waals surface area contributed by atoms with Crippen molar-refractivity contribution in [3.8, 4) is 0 Å². The maximum Gasteiger partial charge on any atom is 0.0936 e. The first kappa shape index (κ1) is 13.4. The zero-order chi connectivity index (χ0) is 12.1. The van der Waals surface area contributed by atoms with E-state index in [9.17, 15) is 0 Å². The third-order valence-electron chi connectivity index (χ3n) is 3.40. The zero-order valence-corrected chi connectivity index (χ0v) is 12.2. The molecule has 0 bridgehead atoms. The molecule has 1 fully saturated rings. The first-order valence-electron chi connectivity index (χ1n) is 6.23. The quantitative estimate of drug-likeness (QED) is 0.696. The average molecular weight is 318 g/mol. The molecular formula is C14H18BrClO. The molecule has 0 saturated heterocycles. The topological polar surface area (TPSA) is 9.23 Å². The van der Waals surface area contributed by atoms with Crippen molar-refractivity contribution in [3.05, 3.63) is 34.9 Å². The van der Waals surface area contributed by atoms with E-state index in [-0.39, 0.29) is 6.10 Å². The van der Waals surface area contributed by atoms with E-state index in [1.54, 1.807) is 0 Å². The van der Waals surface area contributed by atoms with Gasteiger partial charge < -0.3 is 4.74 Å². The Kier molecular flexibility index (Phi) is 5.33. The van der Waals surface area contributed by atoms with Crippen LogP contribution in [-0.4, -0.2) is 11.9 Å². The van der Waals surface area contributed by atoms with Gasteiger partial charge in [-0.15, -0.1) is 0 Å². The molecule has 1 unspecified atom stereocenters. The van der Waals surface area contributed by atoms with Gasteiger partial charge in [0.2, 0.25) is 0 Å². The Morgan fingerprint density at radius 2 is 2.00 bits per heavy atom. The Hall–Kier alpha value is -0.0500. The lowest BCUT2D eigenvalue weighted by Gasteiger charge is -2.19. The SMILES string of the molecule is Clc1ccccc1C(CBr)OCC1CCCC1. The van der Waals surface area contributed by atoms with Crippen LogP contribution >= 0.6 is 27.5 Å². The molecular weight excluding hydrogens is 300 g/mol. The first-order chi connectivity index (χ1) is 8.31. The largest absolute Gasteiger partial charge is 0.372 e. The van der Waals surface area contributed by atoms with Gasteiger partial charge in [0.05, 0.1) is 12.7 Å². The van der Waals surface area contributed by atoms with Crippen LogP contribution in [0.4, 0.5) is 0 Å². The van der Waals surface area contributed by atoms with E-state index in [4.69, 9.17) is 16.3 Å². The third-order valence-corrected chi connectivity index (χ3v) is 4.33. The van der Waals surface area contributed by atoms with Gasteiger partial charge in [0.15, 0.2) is 0 Å². The normalized spacial score (nSPS) is 18.5. The molecule has 0 heterocycles. The van der Waals surface area contributed by atoms with Gasteiger partial charge in [0.25, 0.3) is 0 Å². The molecule has 0 radical (unpaired) electrons. The Labute approximate surface area is 117 Å². The first-order valence-corrected chi connectivity index (χ1v) is 7.73. The summed E-state index contributed by atoms with van der Waals surface area (Å²) in [6.45, 7) is 0.863. The molecule has 1 atom stereocenters. The van der Waals surface area contributed by atoms with E-state index in [0.717, 1.165) is 28.4 Å². The highest BCUT2D eigenvalue weighted by atomic mass is 79.9. The number of halogens is 2. The lowest BCUT2D eigenvalue weighted by molar-refractivity contribution is 0.0444. The van der Waals surface area contributed by atoms with Crippen LogP contribution in [0, 0.1) is 5.92 Å². The average Bonchev–Trinajstić information content (AvgIpc) is 2.85. The fourth-order valence-corrected chi connectivity index (χ4v) is 3.18. The molecule has 0 aromatic heterocycles. The molecule has 0 N–H and O–H groups in total. The molecule has 3 heteroatoms. The fourth-order valence-electron chi connectivity index (χ4n) is 2.38. The minimum absolute atomic E-state index is 0.0734. The molecule has 1 aliphatic carbocycles. The summed E-state index contributed by atoms with van der Waals surface area (Å²) in [4.78, 5) is 0. The summed E-state index contributed by atoms with van der Waals surface area (Å²) in [5.41, 5.74) is 1.09. The highest BCUT2D eigenvalue weighted by Gasteiger charge is 2.19. The Morgan fingerprint density at radius 3 is 2.65 bits per heavy atom. The van der Waals surface area contributed by atoms with Crippen molar-refractivity contribution in [1.82, 2.24) is 0 Å². The molecule has 0 amide bonds. The van der Waals surface area contributed by atoms with Crippen LogP contribution in [0.1, 0.15) is 37.4 Å². The van der Waals surface area contributed by atoms with Crippen LogP contribution in [0.25, 0.3) is 0 Å². The molecule has 1 nitrogen and oxygen atoms in total. The van der Waals surface area contributed by atoms with E-state index in [0.29, 0.717) is 0 Å². The van der Waals surface area contributed by atoms with Crippen molar-refractivity contribution in [2.24, 2.45) is 5.92 Å². The molecule has 0 aliphatic heterocycles. The van der Waals surface area contributed by atoms with E-state index in [1.165, 1.54) is 25.7 Å². The number of hydrogen-bond acceptors (Lipinski definition) is 1. The van der Waals surface area contributed by atoms with Gasteiger partial charge in [0, 0.05) is 15.9 Å². The van der Waals surface area contributed by atoms with Crippen LogP contribution in [0.2, 0.25) is 5.02 Å². The minimum Gasteiger partial charge on any atom is -0.372 e. The number of alkyl halides is 1. The maximum absolute atomic E-state index is 6.19. The summed E-state index contributed by atoms with van der Waals surface area (Å²) in [7, 11) is 0. The molecule has 1 aromatic carbocycles. The second-order valence-corrected chi connectivity index (χ2v) is 5.70. The van der Waals surface area contributed by atoms with Gasteiger partial charge in [-0.25, -0.2) is 0 Å². The van der Waals surface area contributed by atoms with Gasteiger partial charge in [-0.1, -0.05) is 58.6 Å². The van der Waals surface area contributed by atoms with Gasteiger partial charge in [-0.3, -0.25) is 0 Å². The summed E-state index contributed by atoms with van der Waals surface area (Å²) in [5.74, 6) is 0.749. The molecule has 17 heavy (non-hydrogen) atoms. The molecule has 1 saturated carbocycles. The standard InChI is InChI=1S/C14H18BrClO/c15-9-14(12-7-3-4-8-13(12)16)17-10-11-5-1-2-6-11/h3-4,7-8,11,14H,1-2,5-6,9-10H2. The van der Waals surface area contributed by atoms with E-state index >= 15 is 0 Å². The lowest BCUT2D eigenvalue weighted by atomic mass is 10.1. The van der Waals surface area contributed by atoms with Crippen LogP contribution in [0.5, 0.6) is 0 Å². The summed E-state index contributed by atoms with van der Waals surface area (Å²) < 4.78 is 6.01. The molecule has 94 valence electrons. The monoisotopic (exact) mass is 316 g/mol. The van der Waals surface area contributed by atoms with E-state index in [2.05, 4.69) is 15.9 Å². The number of rotatable bonds is 5. The molecule has 0 spiro atoms. The smallest absolute Gasteiger partial charge is 0.0936 e. The Morgan fingerprint density at radius 1 is 1.29 bits per heavy atom. The van der Waals surface area contributed by atoms with Crippen molar-refractivity contribution in [1.29, 1.82) is 0 Å². The lowest BCUT2D eigenvalue weighted by Crippen LogP contribution is -2.12. The zero-order valence-electron chi connectivity index (χ0n) is 9.87. The highest BCUT2D eigenvalue weighted by molar-refractivity contribution is 9.09. The number of benzene rings is 1. The van der Waals surface area contributed by atoms with E-state index in [1.807, 2.05) is 24.3 Å². The molecule has 2 rings (SSSR count). The molecule has 1 aromatic rings.